The molecule has 1 heterocycles. The highest BCUT2D eigenvalue weighted by molar-refractivity contribution is 5.80. The molecular formula is C18H14N4O5. The zero-order valence-corrected chi connectivity index (χ0v) is 13.9. The molecule has 0 saturated heterocycles. The fraction of sp³-hybridized carbons (Fsp3) is 0.0556. The molecule has 27 heavy (non-hydrogen) atoms. The lowest BCUT2D eigenvalue weighted by Crippen LogP contribution is -2.45. The summed E-state index contributed by atoms with van der Waals surface area (Å²) in [6.45, 7) is 0. The van der Waals surface area contributed by atoms with Crippen LogP contribution in [0.2, 0.25) is 0 Å². The van der Waals surface area contributed by atoms with Gasteiger partial charge in [0.15, 0.2) is 0 Å². The van der Waals surface area contributed by atoms with E-state index in [0.717, 1.165) is 0 Å². The number of urea groups is 1. The van der Waals surface area contributed by atoms with E-state index in [1.165, 1.54) is 30.4 Å². The number of nitrogens with zero attached hydrogens (tertiary/aromatic N) is 2. The molecule has 0 spiro atoms. The minimum absolute atomic E-state index is 0.0177. The van der Waals surface area contributed by atoms with Crippen LogP contribution in [-0.4, -0.2) is 15.9 Å². The van der Waals surface area contributed by atoms with Gasteiger partial charge in [-0.15, -0.1) is 0 Å². The lowest BCUT2D eigenvalue weighted by atomic mass is 10.0. The smallest absolute Gasteiger partial charge is 0.320 e. The summed E-state index contributed by atoms with van der Waals surface area (Å²) in [6, 6.07) is 12.9. The molecule has 2 N–H and O–H groups in total. The van der Waals surface area contributed by atoms with E-state index in [9.17, 15) is 25.0 Å². The Hall–Kier alpha value is -4.01. The third-order valence-corrected chi connectivity index (χ3v) is 3.93. The van der Waals surface area contributed by atoms with E-state index in [2.05, 4.69) is 10.6 Å². The SMILES string of the molecule is O=C1NC(/C=C/c2cccc([N+](=O)[O-])c2)=C([N+](=O)[O-])C(c2ccccc2)N1. The molecule has 2 amide bonds. The largest absolute Gasteiger partial charge is 0.321 e. The number of allylic oxidation sites excluding steroid dienone is 1. The van der Waals surface area contributed by atoms with E-state index < -0.39 is 21.9 Å². The van der Waals surface area contributed by atoms with Crippen LogP contribution in [0.4, 0.5) is 10.5 Å². The lowest BCUT2D eigenvalue weighted by Gasteiger charge is -2.23. The molecule has 9 heteroatoms. The van der Waals surface area contributed by atoms with E-state index in [-0.39, 0.29) is 17.1 Å². The number of amides is 2. The van der Waals surface area contributed by atoms with Crippen molar-refractivity contribution in [3.05, 3.63) is 103 Å². The van der Waals surface area contributed by atoms with Crippen LogP contribution in [0, 0.1) is 20.2 Å². The third-order valence-electron chi connectivity index (χ3n) is 3.93. The summed E-state index contributed by atoms with van der Waals surface area (Å²) in [5.74, 6) is 0. The molecule has 9 nitrogen and oxygen atoms in total. The van der Waals surface area contributed by atoms with Crippen LogP contribution < -0.4 is 10.6 Å². The number of non-ortho nitro benzene ring substituents is 1. The summed E-state index contributed by atoms with van der Waals surface area (Å²) in [4.78, 5) is 33.4. The average molecular weight is 366 g/mol. The van der Waals surface area contributed by atoms with Crippen molar-refractivity contribution in [1.82, 2.24) is 10.6 Å². The van der Waals surface area contributed by atoms with Crippen LogP contribution in [-0.2, 0) is 0 Å². The van der Waals surface area contributed by atoms with Gasteiger partial charge in [-0.05, 0) is 17.2 Å². The molecule has 0 bridgehead atoms. The van der Waals surface area contributed by atoms with Gasteiger partial charge < -0.3 is 10.6 Å². The fourth-order valence-corrected chi connectivity index (χ4v) is 2.72. The number of nitro groups is 2. The van der Waals surface area contributed by atoms with Crippen molar-refractivity contribution in [2.75, 3.05) is 0 Å². The molecule has 3 rings (SSSR count). The summed E-state index contributed by atoms with van der Waals surface area (Å²) in [6.07, 6.45) is 2.84. The molecule has 2 aromatic carbocycles. The highest BCUT2D eigenvalue weighted by Crippen LogP contribution is 2.27. The Morgan fingerprint density at radius 3 is 2.33 bits per heavy atom. The number of hydrogen-bond donors (Lipinski definition) is 2. The predicted octanol–water partition coefficient (Wildman–Crippen LogP) is 3.15. The van der Waals surface area contributed by atoms with Crippen molar-refractivity contribution in [2.45, 2.75) is 6.04 Å². The van der Waals surface area contributed by atoms with Crippen LogP contribution >= 0.6 is 0 Å². The zero-order chi connectivity index (χ0) is 19.4. The minimum Gasteiger partial charge on any atom is -0.321 e. The first-order valence-electron chi connectivity index (χ1n) is 7.89. The number of nitro benzene ring substituents is 1. The standard InChI is InChI=1S/C18H14N4O5/c23-18-19-15(10-9-12-5-4-8-14(11-12)21(24)25)17(22(26)27)16(20-18)13-6-2-1-3-7-13/h1-11,16H,(H2,19,20,23)/b10-9+. The maximum atomic E-state index is 12.0. The highest BCUT2D eigenvalue weighted by atomic mass is 16.6. The molecule has 1 aliphatic rings. The second-order valence-electron chi connectivity index (χ2n) is 5.68. The molecule has 0 saturated carbocycles. The van der Waals surface area contributed by atoms with Gasteiger partial charge in [-0.25, -0.2) is 4.79 Å². The summed E-state index contributed by atoms with van der Waals surface area (Å²) in [5, 5.41) is 27.5. The molecule has 1 aliphatic heterocycles. The number of benzene rings is 2. The van der Waals surface area contributed by atoms with E-state index in [1.807, 2.05) is 0 Å². The van der Waals surface area contributed by atoms with Crippen LogP contribution in [0.15, 0.2) is 72.1 Å². The van der Waals surface area contributed by atoms with Crippen molar-refractivity contribution in [1.29, 1.82) is 0 Å². The van der Waals surface area contributed by atoms with Crippen molar-refractivity contribution in [2.24, 2.45) is 0 Å². The van der Waals surface area contributed by atoms with Crippen molar-refractivity contribution >= 4 is 17.8 Å². The minimum atomic E-state index is -0.917. The Bertz CT molecular complexity index is 969. The topological polar surface area (TPSA) is 127 Å². The van der Waals surface area contributed by atoms with Gasteiger partial charge in [-0.2, -0.15) is 0 Å². The Kier molecular flexibility index (Phi) is 4.93. The van der Waals surface area contributed by atoms with Gasteiger partial charge in [0, 0.05) is 12.1 Å². The monoisotopic (exact) mass is 366 g/mol. The molecule has 136 valence electrons. The average Bonchev–Trinajstić information content (AvgIpc) is 2.66. The molecule has 0 radical (unpaired) electrons. The maximum Gasteiger partial charge on any atom is 0.320 e. The molecule has 1 atom stereocenters. The quantitative estimate of drug-likeness (QED) is 0.620. The first kappa shape index (κ1) is 17.8. The van der Waals surface area contributed by atoms with E-state index in [4.69, 9.17) is 0 Å². The summed E-state index contributed by atoms with van der Waals surface area (Å²) in [5.41, 5.74) is 0.743. The van der Waals surface area contributed by atoms with Gasteiger partial charge in [-0.3, -0.25) is 20.2 Å². The first-order valence-corrected chi connectivity index (χ1v) is 7.89. The van der Waals surface area contributed by atoms with Gasteiger partial charge >= 0.3 is 6.03 Å². The zero-order valence-electron chi connectivity index (χ0n) is 13.9. The molecule has 1 unspecified atom stereocenters. The van der Waals surface area contributed by atoms with Gasteiger partial charge in [0.05, 0.1) is 9.85 Å². The second kappa shape index (κ2) is 7.48. The Morgan fingerprint density at radius 1 is 0.926 bits per heavy atom. The van der Waals surface area contributed by atoms with E-state index in [0.29, 0.717) is 11.1 Å². The van der Waals surface area contributed by atoms with Gasteiger partial charge in [0.2, 0.25) is 0 Å². The normalized spacial score (nSPS) is 16.7. The van der Waals surface area contributed by atoms with Gasteiger partial charge in [0.25, 0.3) is 11.4 Å². The van der Waals surface area contributed by atoms with Crippen LogP contribution in [0.3, 0.4) is 0 Å². The fourth-order valence-electron chi connectivity index (χ4n) is 2.72. The Labute approximate surface area is 153 Å². The van der Waals surface area contributed by atoms with Crippen molar-refractivity contribution in [3.8, 4) is 0 Å². The first-order chi connectivity index (χ1) is 13.0. The molecule has 2 aromatic rings. The van der Waals surface area contributed by atoms with Gasteiger partial charge in [-0.1, -0.05) is 48.5 Å². The lowest BCUT2D eigenvalue weighted by molar-refractivity contribution is -0.432. The molecular weight excluding hydrogens is 352 g/mol. The van der Waals surface area contributed by atoms with Crippen LogP contribution in [0.1, 0.15) is 17.2 Å². The number of carbonyl (C=O) groups excluding carboxylic acids is 1. The summed E-state index contributed by atoms with van der Waals surface area (Å²) >= 11 is 0. The second-order valence-corrected chi connectivity index (χ2v) is 5.68. The maximum absolute atomic E-state index is 12.0. The molecule has 0 aliphatic carbocycles. The summed E-state index contributed by atoms with van der Waals surface area (Å²) < 4.78 is 0. The number of hydrogen-bond acceptors (Lipinski definition) is 5. The summed E-state index contributed by atoms with van der Waals surface area (Å²) in [7, 11) is 0. The van der Waals surface area contributed by atoms with E-state index in [1.54, 1.807) is 36.4 Å². The molecule has 0 fully saturated rings. The van der Waals surface area contributed by atoms with Crippen molar-refractivity contribution < 1.29 is 14.6 Å². The number of nitrogens with one attached hydrogen (secondary N) is 2. The number of carbonyl (C=O) groups is 1. The Balaban J connectivity index is 2.02. The Morgan fingerprint density at radius 2 is 1.67 bits per heavy atom. The highest BCUT2D eigenvalue weighted by Gasteiger charge is 2.35. The third kappa shape index (κ3) is 3.98. The molecule has 0 aromatic heterocycles. The van der Waals surface area contributed by atoms with Gasteiger partial charge in [0.1, 0.15) is 11.7 Å². The van der Waals surface area contributed by atoms with Crippen molar-refractivity contribution in [3.63, 3.8) is 0 Å². The van der Waals surface area contributed by atoms with Crippen LogP contribution in [0.5, 0.6) is 0 Å². The van der Waals surface area contributed by atoms with E-state index >= 15 is 0 Å². The number of rotatable bonds is 5. The van der Waals surface area contributed by atoms with Crippen LogP contribution in [0.25, 0.3) is 6.08 Å². The predicted molar refractivity (Wildman–Crippen MR) is 97.0 cm³/mol.